The van der Waals surface area contributed by atoms with Crippen molar-refractivity contribution in [3.63, 3.8) is 0 Å². The van der Waals surface area contributed by atoms with Gasteiger partial charge in [0.05, 0.1) is 23.8 Å². The number of ether oxygens (including phenoxy) is 1. The Hall–Kier alpha value is -2.13. The van der Waals surface area contributed by atoms with Crippen molar-refractivity contribution in [3.8, 4) is 6.07 Å². The molecule has 140 valence electrons. The van der Waals surface area contributed by atoms with E-state index in [2.05, 4.69) is 27.3 Å². The van der Waals surface area contributed by atoms with Crippen LogP contribution < -0.4 is 5.32 Å². The van der Waals surface area contributed by atoms with Crippen LogP contribution in [-0.4, -0.2) is 47.8 Å². The van der Waals surface area contributed by atoms with Crippen molar-refractivity contribution in [3.05, 3.63) is 29.6 Å². The van der Waals surface area contributed by atoms with E-state index in [0.717, 1.165) is 56.5 Å². The molecule has 1 aromatic rings. The van der Waals surface area contributed by atoms with Gasteiger partial charge in [-0.3, -0.25) is 9.88 Å². The van der Waals surface area contributed by atoms with Gasteiger partial charge in [0.25, 0.3) is 0 Å². The Morgan fingerprint density at radius 2 is 2.23 bits per heavy atom. The van der Waals surface area contributed by atoms with Crippen LogP contribution in [-0.2, 0) is 10.2 Å². The van der Waals surface area contributed by atoms with E-state index in [-0.39, 0.29) is 12.1 Å². The second kappa shape index (κ2) is 8.05. The third-order valence-corrected chi connectivity index (χ3v) is 5.76. The van der Waals surface area contributed by atoms with Crippen molar-refractivity contribution in [2.75, 3.05) is 19.7 Å². The van der Waals surface area contributed by atoms with E-state index >= 15 is 0 Å². The Labute approximate surface area is 155 Å². The number of rotatable bonds is 4. The number of carbonyl (C=O) groups is 1. The fraction of sp³-hybridized carbons (Fsp3) is 0.650. The molecule has 1 N–H and O–H groups in total. The van der Waals surface area contributed by atoms with E-state index in [1.807, 2.05) is 26.1 Å². The molecular weight excluding hydrogens is 328 g/mol. The quantitative estimate of drug-likeness (QED) is 0.897. The van der Waals surface area contributed by atoms with Crippen LogP contribution in [0.25, 0.3) is 0 Å². The number of aromatic nitrogens is 1. The molecule has 3 rings (SSSR count). The largest absolute Gasteiger partial charge is 0.450 e. The predicted molar refractivity (Wildman–Crippen MR) is 98.7 cm³/mol. The van der Waals surface area contributed by atoms with Crippen LogP contribution in [0.2, 0.25) is 0 Å². The highest BCUT2D eigenvalue weighted by Gasteiger charge is 2.41. The molecule has 0 spiro atoms. The molecule has 0 radical (unpaired) electrons. The topological polar surface area (TPSA) is 78.2 Å². The SMILES string of the molecule is CCOC(=O)N[C@@H]1CCN(C2CCC(C#N)(c3cc(C)ccn3)CC2)C1. The second-order valence-corrected chi connectivity index (χ2v) is 7.49. The Morgan fingerprint density at radius 1 is 1.46 bits per heavy atom. The number of pyridine rings is 1. The highest BCUT2D eigenvalue weighted by Crippen LogP contribution is 2.40. The summed E-state index contributed by atoms with van der Waals surface area (Å²) in [7, 11) is 0. The van der Waals surface area contributed by atoms with Crippen LogP contribution in [0.4, 0.5) is 4.79 Å². The van der Waals surface area contributed by atoms with Gasteiger partial charge in [-0.2, -0.15) is 5.26 Å². The zero-order valence-electron chi connectivity index (χ0n) is 15.7. The summed E-state index contributed by atoms with van der Waals surface area (Å²) in [6.07, 6.45) is 6.12. The summed E-state index contributed by atoms with van der Waals surface area (Å²) in [6.45, 7) is 6.11. The fourth-order valence-corrected chi connectivity index (χ4v) is 4.26. The first-order valence-corrected chi connectivity index (χ1v) is 9.58. The Kier molecular flexibility index (Phi) is 5.77. The van der Waals surface area contributed by atoms with Gasteiger partial charge in [-0.05, 0) is 63.6 Å². The van der Waals surface area contributed by atoms with Crippen LogP contribution in [0.5, 0.6) is 0 Å². The third kappa shape index (κ3) is 3.99. The summed E-state index contributed by atoms with van der Waals surface area (Å²) >= 11 is 0. The number of alkyl carbamates (subject to hydrolysis) is 1. The zero-order valence-corrected chi connectivity index (χ0v) is 15.7. The maximum atomic E-state index is 11.6. The second-order valence-electron chi connectivity index (χ2n) is 7.49. The van der Waals surface area contributed by atoms with Gasteiger partial charge < -0.3 is 10.1 Å². The molecular formula is C20H28N4O2. The lowest BCUT2D eigenvalue weighted by Crippen LogP contribution is -2.43. The summed E-state index contributed by atoms with van der Waals surface area (Å²) in [5.41, 5.74) is 1.62. The molecule has 0 unspecified atom stereocenters. The van der Waals surface area contributed by atoms with Gasteiger partial charge in [-0.15, -0.1) is 0 Å². The molecule has 1 saturated heterocycles. The molecule has 1 aliphatic heterocycles. The van der Waals surface area contributed by atoms with Crippen LogP contribution in [0.15, 0.2) is 18.3 Å². The van der Waals surface area contributed by atoms with E-state index in [9.17, 15) is 10.1 Å². The number of amides is 1. The predicted octanol–water partition coefficient (Wildman–Crippen LogP) is 2.91. The van der Waals surface area contributed by atoms with Gasteiger partial charge in [0.2, 0.25) is 0 Å². The molecule has 2 heterocycles. The molecule has 2 fully saturated rings. The Morgan fingerprint density at radius 3 is 2.88 bits per heavy atom. The van der Waals surface area contributed by atoms with E-state index < -0.39 is 5.41 Å². The maximum Gasteiger partial charge on any atom is 0.407 e. The molecule has 1 aromatic heterocycles. The summed E-state index contributed by atoms with van der Waals surface area (Å²) in [5, 5.41) is 12.8. The molecule has 26 heavy (non-hydrogen) atoms. The number of likely N-dealkylation sites (tertiary alicyclic amines) is 1. The molecule has 1 amide bonds. The first-order valence-electron chi connectivity index (χ1n) is 9.58. The maximum absolute atomic E-state index is 11.6. The van der Waals surface area contributed by atoms with Gasteiger partial charge in [0.1, 0.15) is 0 Å². The van der Waals surface area contributed by atoms with Gasteiger partial charge in [-0.1, -0.05) is 0 Å². The highest BCUT2D eigenvalue weighted by atomic mass is 16.5. The number of aryl methyl sites for hydroxylation is 1. The van der Waals surface area contributed by atoms with Crippen molar-refractivity contribution >= 4 is 6.09 Å². The van der Waals surface area contributed by atoms with Crippen LogP contribution >= 0.6 is 0 Å². The van der Waals surface area contributed by atoms with Gasteiger partial charge >= 0.3 is 6.09 Å². The summed E-state index contributed by atoms with van der Waals surface area (Å²) in [4.78, 5) is 18.5. The number of carbonyl (C=O) groups excluding carboxylic acids is 1. The molecule has 2 aliphatic rings. The molecule has 0 bridgehead atoms. The summed E-state index contributed by atoms with van der Waals surface area (Å²) < 4.78 is 4.97. The first kappa shape index (κ1) is 18.7. The molecule has 0 aromatic carbocycles. The lowest BCUT2D eigenvalue weighted by Gasteiger charge is -2.38. The summed E-state index contributed by atoms with van der Waals surface area (Å²) in [5.74, 6) is 0. The standard InChI is InChI=1S/C20H28N4O2/c1-3-26-19(25)23-16-7-11-24(13-16)17-4-8-20(14-21,9-5-17)18-12-15(2)6-10-22-18/h6,10,12,16-17H,3-5,7-9,11,13H2,1-2H3,(H,23,25)/t16-,17?,20?/m1/s1. The van der Waals surface area contributed by atoms with E-state index in [0.29, 0.717) is 12.6 Å². The minimum Gasteiger partial charge on any atom is -0.450 e. The van der Waals surface area contributed by atoms with Gasteiger partial charge in [0.15, 0.2) is 0 Å². The molecule has 6 nitrogen and oxygen atoms in total. The normalized spacial score (nSPS) is 29.1. The number of nitriles is 1. The molecule has 1 atom stereocenters. The van der Waals surface area contributed by atoms with Crippen molar-refractivity contribution in [1.29, 1.82) is 5.26 Å². The average Bonchev–Trinajstić information content (AvgIpc) is 3.10. The lowest BCUT2D eigenvalue weighted by molar-refractivity contribution is 0.143. The molecule has 6 heteroatoms. The minimum atomic E-state index is -0.454. The average molecular weight is 356 g/mol. The van der Waals surface area contributed by atoms with E-state index in [1.165, 1.54) is 0 Å². The zero-order chi connectivity index (χ0) is 18.6. The number of nitrogens with one attached hydrogen (secondary N) is 1. The smallest absolute Gasteiger partial charge is 0.407 e. The van der Waals surface area contributed by atoms with E-state index in [1.54, 1.807) is 0 Å². The van der Waals surface area contributed by atoms with Crippen LogP contribution in [0.3, 0.4) is 0 Å². The Bertz CT molecular complexity index is 677. The molecule has 1 saturated carbocycles. The number of hydrogen-bond donors (Lipinski definition) is 1. The third-order valence-electron chi connectivity index (χ3n) is 5.76. The number of hydrogen-bond acceptors (Lipinski definition) is 5. The highest BCUT2D eigenvalue weighted by molar-refractivity contribution is 5.67. The number of nitrogens with zero attached hydrogens (tertiary/aromatic N) is 3. The van der Waals surface area contributed by atoms with Crippen molar-refractivity contribution < 1.29 is 9.53 Å². The molecule has 1 aliphatic carbocycles. The van der Waals surface area contributed by atoms with Crippen molar-refractivity contribution in [2.24, 2.45) is 0 Å². The van der Waals surface area contributed by atoms with Crippen LogP contribution in [0, 0.1) is 18.3 Å². The van der Waals surface area contributed by atoms with E-state index in [4.69, 9.17) is 4.74 Å². The minimum absolute atomic E-state index is 0.162. The van der Waals surface area contributed by atoms with Gasteiger partial charge in [-0.25, -0.2) is 4.79 Å². The first-order chi connectivity index (χ1) is 12.6. The van der Waals surface area contributed by atoms with Crippen molar-refractivity contribution in [2.45, 2.75) is 63.5 Å². The van der Waals surface area contributed by atoms with Gasteiger partial charge in [0, 0.05) is 31.4 Å². The Balaban J connectivity index is 1.57. The summed E-state index contributed by atoms with van der Waals surface area (Å²) in [6, 6.07) is 7.24. The van der Waals surface area contributed by atoms with Crippen LogP contribution in [0.1, 0.15) is 50.3 Å². The lowest BCUT2D eigenvalue weighted by atomic mass is 9.70. The fourth-order valence-electron chi connectivity index (χ4n) is 4.26. The monoisotopic (exact) mass is 356 g/mol. The van der Waals surface area contributed by atoms with Crippen molar-refractivity contribution in [1.82, 2.24) is 15.2 Å².